The van der Waals surface area contributed by atoms with Gasteiger partial charge in [-0.25, -0.2) is 9.59 Å². The van der Waals surface area contributed by atoms with Crippen molar-refractivity contribution in [1.29, 1.82) is 0 Å². The highest BCUT2D eigenvalue weighted by Crippen LogP contribution is 2.39. The first-order valence-electron chi connectivity index (χ1n) is 11.2. The molecule has 0 aliphatic carbocycles. The quantitative estimate of drug-likeness (QED) is 0.718. The second-order valence-electron chi connectivity index (χ2n) is 9.71. The van der Waals surface area contributed by atoms with Crippen molar-refractivity contribution in [3.05, 3.63) is 71.8 Å². The molecule has 0 spiro atoms. The van der Waals surface area contributed by atoms with Gasteiger partial charge in [0.15, 0.2) is 0 Å². The number of esters is 1. The number of benzene rings is 2. The monoisotopic (exact) mass is 437 g/mol. The van der Waals surface area contributed by atoms with Crippen LogP contribution in [0.2, 0.25) is 0 Å². The first-order chi connectivity index (χ1) is 15.2. The third-order valence-electron chi connectivity index (χ3n) is 6.25. The molecule has 4 rings (SSSR count). The number of hydrogen-bond acceptors (Lipinski definition) is 5. The molecule has 0 aromatic heterocycles. The Hall–Kier alpha value is -2.86. The lowest BCUT2D eigenvalue weighted by Crippen LogP contribution is -2.51. The molecule has 32 heavy (non-hydrogen) atoms. The first kappa shape index (κ1) is 22.3. The minimum absolute atomic E-state index is 0.0251. The van der Waals surface area contributed by atoms with Crippen LogP contribution in [0.5, 0.6) is 0 Å². The van der Waals surface area contributed by atoms with Crippen LogP contribution in [0, 0.1) is 0 Å². The molecule has 1 N–H and O–H groups in total. The molecule has 0 radical (unpaired) electrons. The van der Waals surface area contributed by atoms with Gasteiger partial charge < -0.3 is 19.5 Å². The van der Waals surface area contributed by atoms with Gasteiger partial charge in [0.1, 0.15) is 11.7 Å². The number of fused-ring (bicyclic) bond motifs is 2. The molecule has 2 aromatic rings. The topological polar surface area (TPSA) is 76.1 Å². The van der Waals surface area contributed by atoms with Crippen LogP contribution in [-0.2, 0) is 19.9 Å². The molecule has 2 aliphatic heterocycles. The summed E-state index contributed by atoms with van der Waals surface area (Å²) in [7, 11) is 0. The molecule has 1 unspecified atom stereocenters. The van der Waals surface area contributed by atoms with E-state index in [0.29, 0.717) is 24.0 Å². The molecule has 6 nitrogen and oxygen atoms in total. The number of amides is 1. The Morgan fingerprint density at radius 1 is 0.875 bits per heavy atom. The van der Waals surface area contributed by atoms with E-state index in [-0.39, 0.29) is 24.3 Å². The molecule has 6 heteroatoms. The van der Waals surface area contributed by atoms with E-state index in [1.807, 2.05) is 37.8 Å². The van der Waals surface area contributed by atoms with Crippen molar-refractivity contribution in [2.75, 3.05) is 0 Å². The minimum atomic E-state index is -1.90. The largest absolute Gasteiger partial charge is 0.460 e. The fraction of sp³-hybridized carbons (Fsp3) is 0.462. The second kappa shape index (κ2) is 8.58. The van der Waals surface area contributed by atoms with Gasteiger partial charge in [0, 0.05) is 24.9 Å². The Kier molecular flexibility index (Phi) is 5.99. The molecule has 0 saturated carbocycles. The maximum atomic E-state index is 13.4. The highest BCUT2D eigenvalue weighted by Gasteiger charge is 2.48. The van der Waals surface area contributed by atoms with E-state index >= 15 is 0 Å². The zero-order chi connectivity index (χ0) is 22.9. The average Bonchev–Trinajstić information content (AvgIpc) is 3.04. The van der Waals surface area contributed by atoms with Crippen molar-refractivity contribution >= 4 is 12.1 Å². The molecule has 2 saturated heterocycles. The molecule has 1 amide bonds. The van der Waals surface area contributed by atoms with Crippen LogP contribution in [0.4, 0.5) is 4.79 Å². The SMILES string of the molecule is CC(C)(C)OC(=O)N1[C@@H]2CC[C@H]1CC(OC(=O)C(O)(c1ccccc1)c1ccccc1)C2. The van der Waals surface area contributed by atoms with Gasteiger partial charge in [-0.15, -0.1) is 0 Å². The van der Waals surface area contributed by atoms with Crippen LogP contribution in [0.3, 0.4) is 0 Å². The van der Waals surface area contributed by atoms with Crippen molar-refractivity contribution in [3.63, 3.8) is 0 Å². The van der Waals surface area contributed by atoms with Crippen LogP contribution in [-0.4, -0.2) is 45.9 Å². The van der Waals surface area contributed by atoms with Crippen LogP contribution < -0.4 is 0 Å². The lowest BCUT2D eigenvalue weighted by Gasteiger charge is -2.40. The normalized spacial score (nSPS) is 23.0. The molecule has 2 aliphatic rings. The summed E-state index contributed by atoms with van der Waals surface area (Å²) in [6.07, 6.45) is 2.14. The number of rotatable bonds is 4. The second-order valence-corrected chi connectivity index (χ2v) is 9.71. The summed E-state index contributed by atoms with van der Waals surface area (Å²) >= 11 is 0. The number of nitrogens with zero attached hydrogens (tertiary/aromatic N) is 1. The summed E-state index contributed by atoms with van der Waals surface area (Å²) in [5.74, 6) is -0.690. The van der Waals surface area contributed by atoms with Gasteiger partial charge in [0.25, 0.3) is 0 Å². The third kappa shape index (κ3) is 4.37. The van der Waals surface area contributed by atoms with Crippen molar-refractivity contribution in [1.82, 2.24) is 4.90 Å². The van der Waals surface area contributed by atoms with Gasteiger partial charge >= 0.3 is 12.1 Å². The molecule has 170 valence electrons. The fourth-order valence-electron chi connectivity index (χ4n) is 4.83. The third-order valence-corrected chi connectivity index (χ3v) is 6.25. The predicted octanol–water partition coefficient (Wildman–Crippen LogP) is 4.40. The van der Waals surface area contributed by atoms with Crippen molar-refractivity contribution < 1.29 is 24.2 Å². The number of aliphatic hydroxyl groups is 1. The summed E-state index contributed by atoms with van der Waals surface area (Å²) < 4.78 is 11.5. The molecule has 2 heterocycles. The maximum Gasteiger partial charge on any atom is 0.410 e. The number of piperidine rings is 1. The Bertz CT molecular complexity index is 900. The van der Waals surface area contributed by atoms with E-state index in [4.69, 9.17) is 9.47 Å². The molecule has 3 atom stereocenters. The van der Waals surface area contributed by atoms with Crippen LogP contribution in [0.25, 0.3) is 0 Å². The molecule has 2 aromatic carbocycles. The summed E-state index contributed by atoms with van der Waals surface area (Å²) in [6, 6.07) is 17.7. The van der Waals surface area contributed by atoms with Gasteiger partial charge in [-0.1, -0.05) is 60.7 Å². The van der Waals surface area contributed by atoms with E-state index in [1.165, 1.54) is 0 Å². The van der Waals surface area contributed by atoms with E-state index < -0.39 is 17.2 Å². The number of hydrogen-bond donors (Lipinski definition) is 1. The van der Waals surface area contributed by atoms with Crippen molar-refractivity contribution in [2.45, 2.75) is 75.8 Å². The Balaban J connectivity index is 1.52. The first-order valence-corrected chi connectivity index (χ1v) is 11.2. The van der Waals surface area contributed by atoms with Gasteiger partial charge in [0.2, 0.25) is 5.60 Å². The lowest BCUT2D eigenvalue weighted by atomic mass is 9.86. The van der Waals surface area contributed by atoms with Crippen LogP contribution >= 0.6 is 0 Å². The number of carbonyl (C=O) groups is 2. The summed E-state index contributed by atoms with van der Waals surface area (Å²) in [6.45, 7) is 5.57. The Morgan fingerprint density at radius 2 is 1.34 bits per heavy atom. The van der Waals surface area contributed by atoms with Crippen molar-refractivity contribution in [3.8, 4) is 0 Å². The lowest BCUT2D eigenvalue weighted by molar-refractivity contribution is -0.171. The van der Waals surface area contributed by atoms with E-state index in [2.05, 4.69) is 0 Å². The molecular weight excluding hydrogens is 406 g/mol. The standard InChI is InChI=1S/C26H31NO5/c1-25(2,3)32-24(29)27-20-14-15-21(27)17-22(16-20)31-23(28)26(30,18-10-6-4-7-11-18)19-12-8-5-9-13-19/h4-13,20-22,30H,14-17H2,1-3H3/t20-,21+,22?. The van der Waals surface area contributed by atoms with Gasteiger partial charge in [0.05, 0.1) is 0 Å². The fourth-order valence-corrected chi connectivity index (χ4v) is 4.83. The van der Waals surface area contributed by atoms with Gasteiger partial charge in [-0.3, -0.25) is 0 Å². The van der Waals surface area contributed by atoms with E-state index in [9.17, 15) is 14.7 Å². The summed E-state index contributed by atoms with van der Waals surface area (Å²) in [4.78, 5) is 27.9. The Labute approximate surface area is 189 Å². The van der Waals surface area contributed by atoms with Crippen molar-refractivity contribution in [2.24, 2.45) is 0 Å². The van der Waals surface area contributed by atoms with Gasteiger partial charge in [-0.05, 0) is 44.7 Å². The van der Waals surface area contributed by atoms with Gasteiger partial charge in [-0.2, -0.15) is 0 Å². The van der Waals surface area contributed by atoms with E-state index in [0.717, 1.165) is 12.8 Å². The Morgan fingerprint density at radius 3 is 1.78 bits per heavy atom. The number of ether oxygens (including phenoxy) is 2. The van der Waals surface area contributed by atoms with Crippen LogP contribution in [0.1, 0.15) is 57.6 Å². The minimum Gasteiger partial charge on any atom is -0.460 e. The molecule has 2 fully saturated rings. The number of carbonyl (C=O) groups excluding carboxylic acids is 2. The molecule has 2 bridgehead atoms. The average molecular weight is 438 g/mol. The van der Waals surface area contributed by atoms with E-state index in [1.54, 1.807) is 48.5 Å². The smallest absolute Gasteiger partial charge is 0.410 e. The highest BCUT2D eigenvalue weighted by atomic mass is 16.6. The summed E-state index contributed by atoms with van der Waals surface area (Å²) in [5, 5.41) is 11.6. The predicted molar refractivity (Wildman–Crippen MR) is 120 cm³/mol. The zero-order valence-electron chi connectivity index (χ0n) is 18.9. The summed E-state index contributed by atoms with van der Waals surface area (Å²) in [5.41, 5.74) is -1.53. The zero-order valence-corrected chi connectivity index (χ0v) is 18.9. The maximum absolute atomic E-state index is 13.4. The van der Waals surface area contributed by atoms with Crippen LogP contribution in [0.15, 0.2) is 60.7 Å². The molecular formula is C26H31NO5. The highest BCUT2D eigenvalue weighted by molar-refractivity contribution is 5.85.